The van der Waals surface area contributed by atoms with Gasteiger partial charge in [-0.25, -0.2) is 8.42 Å². The molecule has 1 fully saturated rings. The third-order valence-electron chi connectivity index (χ3n) is 5.13. The zero-order valence-corrected chi connectivity index (χ0v) is 18.3. The minimum atomic E-state index is -3.42. The van der Waals surface area contributed by atoms with E-state index in [1.54, 1.807) is 6.07 Å². The number of piperazine rings is 1. The van der Waals surface area contributed by atoms with Crippen LogP contribution < -0.4 is 15.0 Å². The lowest BCUT2D eigenvalue weighted by atomic mass is 10.2. The van der Waals surface area contributed by atoms with Gasteiger partial charge in [0.15, 0.2) is 6.61 Å². The maximum Gasteiger partial charge on any atom is 0.257 e. The first-order valence-electron chi connectivity index (χ1n) is 10.1. The molecule has 2 aromatic carbocycles. The monoisotopic (exact) mass is 431 g/mol. The van der Waals surface area contributed by atoms with Crippen molar-refractivity contribution in [2.24, 2.45) is 0 Å². The quantitative estimate of drug-likeness (QED) is 0.691. The average Bonchev–Trinajstić information content (AvgIpc) is 2.73. The summed E-state index contributed by atoms with van der Waals surface area (Å²) in [7, 11) is -3.42. The van der Waals surface area contributed by atoms with Crippen LogP contribution in [0.15, 0.2) is 48.5 Å². The number of ether oxygens (including phenoxy) is 1. The van der Waals surface area contributed by atoms with E-state index < -0.39 is 10.0 Å². The van der Waals surface area contributed by atoms with Crippen molar-refractivity contribution in [3.63, 3.8) is 0 Å². The molecule has 1 saturated heterocycles. The number of carbonyl (C=O) groups is 1. The number of rotatable bonds is 8. The van der Waals surface area contributed by atoms with Crippen LogP contribution in [-0.2, 0) is 14.8 Å². The SMILES string of the molecule is Cc1cccc(N2CCN(S(=O)(=O)CCNC(=O)COc3ccccc3C)CC2)c1. The van der Waals surface area contributed by atoms with Crippen LogP contribution in [0.3, 0.4) is 0 Å². The number of amides is 1. The highest BCUT2D eigenvalue weighted by molar-refractivity contribution is 7.89. The van der Waals surface area contributed by atoms with E-state index in [4.69, 9.17) is 4.74 Å². The Morgan fingerprint density at radius 3 is 2.47 bits per heavy atom. The normalized spacial score (nSPS) is 15.1. The van der Waals surface area contributed by atoms with E-state index in [0.29, 0.717) is 31.9 Å². The van der Waals surface area contributed by atoms with Crippen molar-refractivity contribution >= 4 is 21.6 Å². The molecule has 1 N–H and O–H groups in total. The minimum Gasteiger partial charge on any atom is -0.484 e. The summed E-state index contributed by atoms with van der Waals surface area (Å²) in [6.45, 7) is 6.07. The largest absolute Gasteiger partial charge is 0.484 e. The number of carbonyl (C=O) groups excluding carboxylic acids is 1. The standard InChI is InChI=1S/C22H29N3O4S/c1-18-6-5-8-20(16-18)24-11-13-25(14-12-24)30(27,28)15-10-23-22(26)17-29-21-9-4-3-7-19(21)2/h3-9,16H,10-15,17H2,1-2H3,(H,23,26). The first-order valence-corrected chi connectivity index (χ1v) is 11.7. The molecule has 0 aliphatic carbocycles. The number of hydrogen-bond donors (Lipinski definition) is 1. The van der Waals surface area contributed by atoms with Crippen LogP contribution in [0.1, 0.15) is 11.1 Å². The molecule has 0 atom stereocenters. The van der Waals surface area contributed by atoms with Crippen molar-refractivity contribution in [1.29, 1.82) is 0 Å². The lowest BCUT2D eigenvalue weighted by molar-refractivity contribution is -0.122. The Bertz CT molecular complexity index is 970. The molecule has 8 heteroatoms. The fraction of sp³-hybridized carbons (Fsp3) is 0.409. The lowest BCUT2D eigenvalue weighted by Crippen LogP contribution is -2.50. The van der Waals surface area contributed by atoms with Gasteiger partial charge in [-0.2, -0.15) is 4.31 Å². The molecule has 0 aromatic heterocycles. The van der Waals surface area contributed by atoms with E-state index in [1.165, 1.54) is 9.87 Å². The van der Waals surface area contributed by atoms with Gasteiger partial charge in [0.05, 0.1) is 5.75 Å². The second-order valence-electron chi connectivity index (χ2n) is 7.45. The molecule has 1 amide bonds. The summed E-state index contributed by atoms with van der Waals surface area (Å²) in [6, 6.07) is 15.6. The number of sulfonamides is 1. The zero-order chi connectivity index (χ0) is 21.6. The second-order valence-corrected chi connectivity index (χ2v) is 9.53. The summed E-state index contributed by atoms with van der Waals surface area (Å²) in [4.78, 5) is 14.2. The molecule has 30 heavy (non-hydrogen) atoms. The number of nitrogens with zero attached hydrogens (tertiary/aromatic N) is 2. The molecule has 0 spiro atoms. The smallest absolute Gasteiger partial charge is 0.257 e. The van der Waals surface area contributed by atoms with E-state index in [9.17, 15) is 13.2 Å². The lowest BCUT2D eigenvalue weighted by Gasteiger charge is -2.35. The highest BCUT2D eigenvalue weighted by atomic mass is 32.2. The molecule has 1 heterocycles. The summed E-state index contributed by atoms with van der Waals surface area (Å²) in [5, 5.41) is 2.63. The number of hydrogen-bond acceptors (Lipinski definition) is 5. The fourth-order valence-electron chi connectivity index (χ4n) is 3.41. The molecule has 0 bridgehead atoms. The van der Waals surface area contributed by atoms with Crippen molar-refractivity contribution in [3.8, 4) is 5.75 Å². The van der Waals surface area contributed by atoms with Gasteiger partial charge in [0.2, 0.25) is 10.0 Å². The van der Waals surface area contributed by atoms with E-state index in [0.717, 1.165) is 11.3 Å². The number of para-hydroxylation sites is 1. The predicted octanol–water partition coefficient (Wildman–Crippen LogP) is 1.95. The Kier molecular flexibility index (Phi) is 7.33. The van der Waals surface area contributed by atoms with E-state index in [1.807, 2.05) is 50.2 Å². The first kappa shape index (κ1) is 22.1. The van der Waals surface area contributed by atoms with Crippen molar-refractivity contribution in [1.82, 2.24) is 9.62 Å². The molecule has 0 unspecified atom stereocenters. The Hall–Kier alpha value is -2.58. The maximum atomic E-state index is 12.6. The molecule has 3 rings (SSSR count). The maximum absolute atomic E-state index is 12.6. The van der Waals surface area contributed by atoms with Crippen molar-refractivity contribution in [2.75, 3.05) is 50.0 Å². The van der Waals surface area contributed by atoms with Gasteiger partial charge in [0, 0.05) is 38.4 Å². The summed E-state index contributed by atoms with van der Waals surface area (Å²) in [5.41, 5.74) is 3.25. The van der Waals surface area contributed by atoms with Crippen LogP contribution in [0.4, 0.5) is 5.69 Å². The van der Waals surface area contributed by atoms with Gasteiger partial charge in [0.1, 0.15) is 5.75 Å². The Morgan fingerprint density at radius 1 is 1.03 bits per heavy atom. The summed E-state index contributed by atoms with van der Waals surface area (Å²) >= 11 is 0. The second kappa shape index (κ2) is 9.95. The van der Waals surface area contributed by atoms with Gasteiger partial charge >= 0.3 is 0 Å². The molecular weight excluding hydrogens is 402 g/mol. The molecule has 0 saturated carbocycles. The van der Waals surface area contributed by atoms with Crippen LogP contribution in [0, 0.1) is 13.8 Å². The molecule has 2 aromatic rings. The van der Waals surface area contributed by atoms with Gasteiger partial charge in [-0.1, -0.05) is 30.3 Å². The van der Waals surface area contributed by atoms with E-state index in [2.05, 4.69) is 16.3 Å². The van der Waals surface area contributed by atoms with Crippen molar-refractivity contribution < 1.29 is 17.9 Å². The average molecular weight is 432 g/mol. The molecule has 7 nitrogen and oxygen atoms in total. The molecule has 162 valence electrons. The highest BCUT2D eigenvalue weighted by Crippen LogP contribution is 2.19. The van der Waals surface area contributed by atoms with Crippen molar-refractivity contribution in [2.45, 2.75) is 13.8 Å². The molecular formula is C22H29N3O4S. The summed E-state index contributed by atoms with van der Waals surface area (Å²) < 4.78 is 32.2. The molecule has 1 aliphatic heterocycles. The number of aryl methyl sites for hydroxylation is 2. The van der Waals surface area contributed by atoms with Crippen LogP contribution in [0.5, 0.6) is 5.75 Å². The summed E-state index contributed by atoms with van der Waals surface area (Å²) in [6.07, 6.45) is 0. The predicted molar refractivity (Wildman–Crippen MR) is 118 cm³/mol. The van der Waals surface area contributed by atoms with Crippen molar-refractivity contribution in [3.05, 3.63) is 59.7 Å². The van der Waals surface area contributed by atoms with E-state index >= 15 is 0 Å². The number of anilines is 1. The minimum absolute atomic E-state index is 0.0659. The first-order chi connectivity index (χ1) is 14.3. The van der Waals surface area contributed by atoms with Gasteiger partial charge in [-0.05, 0) is 43.2 Å². The molecule has 0 radical (unpaired) electrons. The molecule has 1 aliphatic rings. The number of benzene rings is 2. The summed E-state index contributed by atoms with van der Waals surface area (Å²) in [5.74, 6) is 0.192. The Morgan fingerprint density at radius 2 is 1.77 bits per heavy atom. The van der Waals surface area contributed by atoms with E-state index in [-0.39, 0.29) is 24.8 Å². The van der Waals surface area contributed by atoms with Gasteiger partial charge in [0.25, 0.3) is 5.91 Å². The van der Waals surface area contributed by atoms with Crippen LogP contribution in [0.25, 0.3) is 0 Å². The van der Waals surface area contributed by atoms with Crippen LogP contribution in [0.2, 0.25) is 0 Å². The van der Waals surface area contributed by atoms with Crippen LogP contribution >= 0.6 is 0 Å². The Balaban J connectivity index is 1.41. The Labute approximate surface area is 178 Å². The topological polar surface area (TPSA) is 79.0 Å². The fourth-order valence-corrected chi connectivity index (χ4v) is 4.75. The third kappa shape index (κ3) is 5.96. The number of nitrogens with one attached hydrogen (secondary N) is 1. The van der Waals surface area contributed by atoms with Gasteiger partial charge < -0.3 is 15.0 Å². The van der Waals surface area contributed by atoms with Crippen LogP contribution in [-0.4, -0.2) is 63.7 Å². The highest BCUT2D eigenvalue weighted by Gasteiger charge is 2.26. The van der Waals surface area contributed by atoms with Gasteiger partial charge in [-0.15, -0.1) is 0 Å². The third-order valence-corrected chi connectivity index (χ3v) is 7.01. The van der Waals surface area contributed by atoms with Gasteiger partial charge in [-0.3, -0.25) is 4.79 Å². The zero-order valence-electron chi connectivity index (χ0n) is 17.5.